The standard InChI is InChI=1S/C23H25ClN4O4/c1-14(2)30-22(29)28-9-6-19(23(12-28)7-8-23)32-21-15(3)20(26-13-27-21)31-18-5-4-16(11-25)10-17(18)24/h4-5,10,13-14,19H,6-9,12H2,1-3H3. The summed E-state index contributed by atoms with van der Waals surface area (Å²) >= 11 is 6.23. The van der Waals surface area contributed by atoms with E-state index in [2.05, 4.69) is 9.97 Å². The normalized spacial score (nSPS) is 18.9. The molecule has 1 atom stereocenters. The third-order valence-corrected chi connectivity index (χ3v) is 6.15. The molecule has 9 heteroatoms. The molecule has 32 heavy (non-hydrogen) atoms. The van der Waals surface area contributed by atoms with Gasteiger partial charge in [0, 0.05) is 24.9 Å². The van der Waals surface area contributed by atoms with Crippen LogP contribution in [-0.4, -0.2) is 46.3 Å². The minimum Gasteiger partial charge on any atom is -0.473 e. The molecule has 0 bridgehead atoms. The summed E-state index contributed by atoms with van der Waals surface area (Å²) in [6.07, 6.45) is 3.63. The zero-order valence-electron chi connectivity index (χ0n) is 18.3. The monoisotopic (exact) mass is 456 g/mol. The van der Waals surface area contributed by atoms with Crippen LogP contribution < -0.4 is 9.47 Å². The van der Waals surface area contributed by atoms with Crippen molar-refractivity contribution in [1.29, 1.82) is 5.26 Å². The molecule has 1 saturated carbocycles. The summed E-state index contributed by atoms with van der Waals surface area (Å²) in [5.74, 6) is 1.19. The highest BCUT2D eigenvalue weighted by Crippen LogP contribution is 2.53. The van der Waals surface area contributed by atoms with Crippen molar-refractivity contribution in [1.82, 2.24) is 14.9 Å². The van der Waals surface area contributed by atoms with Gasteiger partial charge < -0.3 is 19.1 Å². The fourth-order valence-electron chi connectivity index (χ4n) is 3.93. The third-order valence-electron chi connectivity index (χ3n) is 5.85. The molecule has 1 unspecified atom stereocenters. The lowest BCUT2D eigenvalue weighted by Gasteiger charge is -2.38. The number of amides is 1. The predicted molar refractivity (Wildman–Crippen MR) is 117 cm³/mol. The number of carbonyl (C=O) groups excluding carboxylic acids is 1. The van der Waals surface area contributed by atoms with Gasteiger partial charge in [-0.2, -0.15) is 5.26 Å². The Hall–Kier alpha value is -3.05. The Morgan fingerprint density at radius 1 is 1.31 bits per heavy atom. The van der Waals surface area contributed by atoms with Crippen LogP contribution in [0.2, 0.25) is 5.02 Å². The van der Waals surface area contributed by atoms with Crippen LogP contribution in [0.4, 0.5) is 4.79 Å². The van der Waals surface area contributed by atoms with Crippen molar-refractivity contribution >= 4 is 17.7 Å². The molecule has 0 radical (unpaired) electrons. The van der Waals surface area contributed by atoms with E-state index in [4.69, 9.17) is 31.1 Å². The Morgan fingerprint density at radius 2 is 2.06 bits per heavy atom. The van der Waals surface area contributed by atoms with Gasteiger partial charge in [0.25, 0.3) is 0 Å². The van der Waals surface area contributed by atoms with Crippen LogP contribution in [0.25, 0.3) is 0 Å². The van der Waals surface area contributed by atoms with Gasteiger partial charge in [0.1, 0.15) is 18.2 Å². The SMILES string of the molecule is Cc1c(Oc2ccc(C#N)cc2Cl)ncnc1OC1CCN(C(=O)OC(C)C)CC12CC2. The quantitative estimate of drug-likeness (QED) is 0.632. The lowest BCUT2D eigenvalue weighted by atomic mass is 9.91. The van der Waals surface area contributed by atoms with Crippen LogP contribution in [0.15, 0.2) is 24.5 Å². The number of benzene rings is 1. The van der Waals surface area contributed by atoms with E-state index in [9.17, 15) is 4.79 Å². The molecule has 1 aliphatic carbocycles. The first-order valence-corrected chi connectivity index (χ1v) is 11.0. The number of ether oxygens (including phenoxy) is 3. The predicted octanol–water partition coefficient (Wildman–Crippen LogP) is 4.88. The first kappa shape index (κ1) is 22.2. The van der Waals surface area contributed by atoms with E-state index in [0.29, 0.717) is 53.2 Å². The smallest absolute Gasteiger partial charge is 0.410 e. The molecule has 168 valence electrons. The summed E-state index contributed by atoms with van der Waals surface area (Å²) in [4.78, 5) is 22.6. The molecule has 2 aromatic rings. The van der Waals surface area contributed by atoms with Crippen molar-refractivity contribution in [2.75, 3.05) is 13.1 Å². The molecular formula is C23H25ClN4O4. The van der Waals surface area contributed by atoms with Gasteiger partial charge in [-0.3, -0.25) is 0 Å². The van der Waals surface area contributed by atoms with Gasteiger partial charge in [0.2, 0.25) is 11.8 Å². The molecule has 4 rings (SSSR count). The number of nitrogens with zero attached hydrogens (tertiary/aromatic N) is 4. The Kier molecular flexibility index (Phi) is 6.11. The number of likely N-dealkylation sites (tertiary alicyclic amines) is 1. The first-order chi connectivity index (χ1) is 15.3. The van der Waals surface area contributed by atoms with E-state index >= 15 is 0 Å². The molecule has 1 aliphatic heterocycles. The number of hydrogen-bond donors (Lipinski definition) is 0. The zero-order valence-corrected chi connectivity index (χ0v) is 19.1. The van der Waals surface area contributed by atoms with Gasteiger partial charge in [-0.15, -0.1) is 0 Å². The van der Waals surface area contributed by atoms with Crippen molar-refractivity contribution < 1.29 is 19.0 Å². The lowest BCUT2D eigenvalue weighted by molar-refractivity contribution is 0.0119. The Morgan fingerprint density at radius 3 is 2.72 bits per heavy atom. The van der Waals surface area contributed by atoms with Gasteiger partial charge in [-0.1, -0.05) is 11.6 Å². The van der Waals surface area contributed by atoms with Crippen LogP contribution in [0, 0.1) is 23.7 Å². The van der Waals surface area contributed by atoms with E-state index < -0.39 is 0 Å². The van der Waals surface area contributed by atoms with Crippen molar-refractivity contribution in [3.63, 3.8) is 0 Å². The number of hydrogen-bond acceptors (Lipinski definition) is 7. The number of rotatable bonds is 5. The molecule has 0 N–H and O–H groups in total. The Labute approximate surface area is 192 Å². The minimum absolute atomic E-state index is 0.0504. The highest BCUT2D eigenvalue weighted by molar-refractivity contribution is 6.32. The lowest BCUT2D eigenvalue weighted by Crippen LogP contribution is -2.49. The maximum atomic E-state index is 12.3. The second kappa shape index (κ2) is 8.83. The highest BCUT2D eigenvalue weighted by Gasteiger charge is 2.55. The van der Waals surface area contributed by atoms with Crippen molar-refractivity contribution in [3.8, 4) is 23.6 Å². The minimum atomic E-state index is -0.266. The van der Waals surface area contributed by atoms with Gasteiger partial charge in [0.15, 0.2) is 0 Å². The molecule has 2 fully saturated rings. The highest BCUT2D eigenvalue weighted by atomic mass is 35.5. The van der Waals surface area contributed by atoms with Crippen LogP contribution in [0.5, 0.6) is 17.5 Å². The summed E-state index contributed by atoms with van der Waals surface area (Å²) in [6, 6.07) is 6.84. The van der Waals surface area contributed by atoms with Crippen LogP contribution >= 0.6 is 11.6 Å². The molecule has 2 heterocycles. The van der Waals surface area contributed by atoms with Crippen LogP contribution in [0.3, 0.4) is 0 Å². The second-order valence-corrected chi connectivity index (χ2v) is 8.99. The summed E-state index contributed by atoms with van der Waals surface area (Å²) in [6.45, 7) is 6.73. The van der Waals surface area contributed by atoms with E-state index in [1.807, 2.05) is 26.8 Å². The molecule has 1 aromatic heterocycles. The topological polar surface area (TPSA) is 97.6 Å². The maximum absolute atomic E-state index is 12.3. The van der Waals surface area contributed by atoms with Gasteiger partial charge in [-0.05, 0) is 51.8 Å². The number of carbonyl (C=O) groups is 1. The number of nitriles is 1. The van der Waals surface area contributed by atoms with Gasteiger partial charge in [0.05, 0.1) is 28.3 Å². The molecule has 1 saturated heterocycles. The molecule has 8 nitrogen and oxygen atoms in total. The second-order valence-electron chi connectivity index (χ2n) is 8.58. The zero-order chi connectivity index (χ0) is 22.9. The van der Waals surface area contributed by atoms with Crippen LogP contribution in [-0.2, 0) is 4.74 Å². The van der Waals surface area contributed by atoms with Gasteiger partial charge in [-0.25, -0.2) is 14.8 Å². The third kappa shape index (κ3) is 4.58. The average molecular weight is 457 g/mol. The van der Waals surface area contributed by atoms with E-state index in [0.717, 1.165) is 12.8 Å². The summed E-state index contributed by atoms with van der Waals surface area (Å²) in [5, 5.41) is 9.32. The number of halogens is 1. The van der Waals surface area contributed by atoms with Crippen molar-refractivity contribution in [2.24, 2.45) is 5.41 Å². The summed E-state index contributed by atoms with van der Waals surface area (Å²) in [7, 11) is 0. The average Bonchev–Trinajstić information content (AvgIpc) is 3.52. The Balaban J connectivity index is 1.47. The first-order valence-electron chi connectivity index (χ1n) is 10.6. The Bertz CT molecular complexity index is 1060. The van der Waals surface area contributed by atoms with Crippen molar-refractivity contribution in [3.05, 3.63) is 40.7 Å². The molecule has 1 spiro atoms. The molecule has 1 aromatic carbocycles. The molecule has 2 aliphatic rings. The fraction of sp³-hybridized carbons (Fsp3) is 0.478. The van der Waals surface area contributed by atoms with Crippen molar-refractivity contribution in [2.45, 2.75) is 52.2 Å². The molecular weight excluding hydrogens is 432 g/mol. The largest absolute Gasteiger partial charge is 0.473 e. The van der Waals surface area contributed by atoms with E-state index in [1.165, 1.54) is 6.33 Å². The van der Waals surface area contributed by atoms with E-state index in [-0.39, 0.29) is 23.7 Å². The van der Waals surface area contributed by atoms with E-state index in [1.54, 1.807) is 23.1 Å². The number of piperidine rings is 1. The number of aromatic nitrogens is 2. The molecule has 1 amide bonds. The maximum Gasteiger partial charge on any atom is 0.410 e. The summed E-state index contributed by atoms with van der Waals surface area (Å²) in [5.41, 5.74) is 1.04. The fourth-order valence-corrected chi connectivity index (χ4v) is 4.15. The summed E-state index contributed by atoms with van der Waals surface area (Å²) < 4.78 is 17.6. The van der Waals surface area contributed by atoms with Crippen LogP contribution in [0.1, 0.15) is 44.2 Å². The van der Waals surface area contributed by atoms with Gasteiger partial charge >= 0.3 is 6.09 Å².